The van der Waals surface area contributed by atoms with E-state index in [0.29, 0.717) is 6.04 Å². The average molecular weight is 226 g/mol. The Morgan fingerprint density at radius 1 is 1.44 bits per heavy atom. The highest BCUT2D eigenvalue weighted by Crippen LogP contribution is 2.07. The van der Waals surface area contributed by atoms with Crippen LogP contribution < -0.4 is 5.32 Å². The second kappa shape index (κ2) is 8.34. The minimum absolute atomic E-state index is 0.101. The first-order chi connectivity index (χ1) is 7.52. The number of nitrogens with one attached hydrogen (secondary N) is 1. The Kier molecular flexibility index (Phi) is 7.90. The van der Waals surface area contributed by atoms with Gasteiger partial charge in [0.05, 0.1) is 6.04 Å². The molecule has 94 valence electrons. The van der Waals surface area contributed by atoms with Crippen molar-refractivity contribution in [3.05, 3.63) is 12.7 Å². The maximum absolute atomic E-state index is 11.7. The minimum Gasteiger partial charge on any atom is -0.347 e. The highest BCUT2D eigenvalue weighted by atomic mass is 16.2. The molecule has 0 aromatic rings. The Hall–Kier alpha value is -0.830. The van der Waals surface area contributed by atoms with Gasteiger partial charge in [-0.1, -0.05) is 19.4 Å². The predicted molar refractivity (Wildman–Crippen MR) is 69.4 cm³/mol. The van der Waals surface area contributed by atoms with Gasteiger partial charge in [0, 0.05) is 20.1 Å². The first-order valence-corrected chi connectivity index (χ1v) is 6.11. The lowest BCUT2D eigenvalue weighted by Gasteiger charge is -2.24. The molecule has 0 aliphatic rings. The van der Waals surface area contributed by atoms with Crippen molar-refractivity contribution in [3.8, 4) is 0 Å². The van der Waals surface area contributed by atoms with Gasteiger partial charge in [-0.2, -0.15) is 0 Å². The Balaban J connectivity index is 4.15. The zero-order valence-corrected chi connectivity index (χ0v) is 11.1. The van der Waals surface area contributed by atoms with Crippen LogP contribution in [0.1, 0.15) is 39.5 Å². The fourth-order valence-corrected chi connectivity index (χ4v) is 1.79. The fourth-order valence-electron chi connectivity index (χ4n) is 1.79. The lowest BCUT2D eigenvalue weighted by atomic mass is 10.0. The van der Waals surface area contributed by atoms with E-state index < -0.39 is 0 Å². The molecular formula is C13H26N2O. The van der Waals surface area contributed by atoms with Gasteiger partial charge in [-0.15, -0.1) is 6.58 Å². The number of allylic oxidation sites excluding steroid dienone is 1. The Morgan fingerprint density at radius 3 is 2.50 bits per heavy atom. The van der Waals surface area contributed by atoms with Crippen molar-refractivity contribution in [3.63, 3.8) is 0 Å². The van der Waals surface area contributed by atoms with Crippen LogP contribution in [-0.4, -0.2) is 37.0 Å². The molecule has 0 aliphatic heterocycles. The molecule has 0 fully saturated rings. The number of hydrogen-bond donors (Lipinski definition) is 1. The summed E-state index contributed by atoms with van der Waals surface area (Å²) in [7, 11) is 3.58. The van der Waals surface area contributed by atoms with Gasteiger partial charge >= 0.3 is 0 Å². The maximum Gasteiger partial charge on any atom is 0.238 e. The molecule has 0 saturated carbocycles. The molecular weight excluding hydrogens is 200 g/mol. The highest BCUT2D eigenvalue weighted by Gasteiger charge is 2.18. The van der Waals surface area contributed by atoms with E-state index in [1.54, 1.807) is 19.0 Å². The molecule has 3 heteroatoms. The largest absolute Gasteiger partial charge is 0.347 e. The molecule has 2 atom stereocenters. The number of likely N-dealkylation sites (N-methyl/N-ethyl adjacent to an activating group) is 1. The van der Waals surface area contributed by atoms with E-state index in [9.17, 15) is 4.79 Å². The molecule has 3 nitrogen and oxygen atoms in total. The van der Waals surface area contributed by atoms with Crippen LogP contribution in [0.5, 0.6) is 0 Å². The van der Waals surface area contributed by atoms with Gasteiger partial charge in [0.25, 0.3) is 0 Å². The highest BCUT2D eigenvalue weighted by molar-refractivity contribution is 5.80. The van der Waals surface area contributed by atoms with Crippen molar-refractivity contribution in [1.29, 1.82) is 0 Å². The smallest absolute Gasteiger partial charge is 0.238 e. The number of amides is 1. The van der Waals surface area contributed by atoms with Crippen LogP contribution in [0.4, 0.5) is 0 Å². The van der Waals surface area contributed by atoms with Gasteiger partial charge in [0.15, 0.2) is 0 Å². The van der Waals surface area contributed by atoms with Gasteiger partial charge in [-0.25, -0.2) is 0 Å². The van der Waals surface area contributed by atoms with E-state index in [1.807, 2.05) is 13.0 Å². The Morgan fingerprint density at radius 2 is 2.06 bits per heavy atom. The Labute approximate surface area is 99.9 Å². The first-order valence-electron chi connectivity index (χ1n) is 6.11. The van der Waals surface area contributed by atoms with Crippen LogP contribution in [0.2, 0.25) is 0 Å². The van der Waals surface area contributed by atoms with Crippen molar-refractivity contribution < 1.29 is 4.79 Å². The first kappa shape index (κ1) is 15.2. The van der Waals surface area contributed by atoms with Crippen molar-refractivity contribution in [2.24, 2.45) is 0 Å². The molecule has 0 aliphatic carbocycles. The molecule has 1 N–H and O–H groups in total. The van der Waals surface area contributed by atoms with Crippen molar-refractivity contribution in [1.82, 2.24) is 10.2 Å². The summed E-state index contributed by atoms with van der Waals surface area (Å²) in [6.45, 7) is 7.83. The fraction of sp³-hybridized carbons (Fsp3) is 0.769. The second-order valence-corrected chi connectivity index (χ2v) is 4.47. The van der Waals surface area contributed by atoms with Gasteiger partial charge in [0.2, 0.25) is 5.91 Å². The number of nitrogens with zero attached hydrogens (tertiary/aromatic N) is 1. The minimum atomic E-state index is -0.101. The monoisotopic (exact) mass is 226 g/mol. The third-order valence-electron chi connectivity index (χ3n) is 2.65. The predicted octanol–water partition coefficient (Wildman–Crippen LogP) is 2.19. The molecule has 1 amide bonds. The Bertz CT molecular complexity index is 214. The van der Waals surface area contributed by atoms with Crippen LogP contribution >= 0.6 is 0 Å². The summed E-state index contributed by atoms with van der Waals surface area (Å²) in [5.74, 6) is 0.139. The summed E-state index contributed by atoms with van der Waals surface area (Å²) in [6, 6.07) is 0.318. The zero-order valence-electron chi connectivity index (χ0n) is 11.1. The summed E-state index contributed by atoms with van der Waals surface area (Å²) in [5.41, 5.74) is 0. The van der Waals surface area contributed by atoms with E-state index in [0.717, 1.165) is 25.7 Å². The zero-order chi connectivity index (χ0) is 12.6. The van der Waals surface area contributed by atoms with Crippen LogP contribution in [0.15, 0.2) is 12.7 Å². The molecule has 0 saturated heterocycles. The lowest BCUT2D eigenvalue weighted by Crippen LogP contribution is -2.46. The van der Waals surface area contributed by atoms with Crippen LogP contribution in [0.3, 0.4) is 0 Å². The molecule has 1 unspecified atom stereocenters. The molecule has 0 heterocycles. The third-order valence-corrected chi connectivity index (χ3v) is 2.65. The average Bonchev–Trinajstić information content (AvgIpc) is 2.24. The lowest BCUT2D eigenvalue weighted by molar-refractivity contribution is -0.130. The molecule has 0 aromatic carbocycles. The van der Waals surface area contributed by atoms with Crippen LogP contribution in [-0.2, 0) is 4.79 Å². The summed E-state index contributed by atoms with van der Waals surface area (Å²) in [4.78, 5) is 13.3. The third kappa shape index (κ3) is 5.91. The van der Waals surface area contributed by atoms with Gasteiger partial charge in [0.1, 0.15) is 0 Å². The number of hydrogen-bond acceptors (Lipinski definition) is 2. The van der Waals surface area contributed by atoms with E-state index in [4.69, 9.17) is 0 Å². The van der Waals surface area contributed by atoms with Crippen molar-refractivity contribution in [2.75, 3.05) is 14.1 Å². The SMILES string of the molecule is C=CCCC(CCC)N[C@H](C)C(=O)N(C)C. The maximum atomic E-state index is 11.7. The molecule has 0 bridgehead atoms. The molecule has 0 spiro atoms. The summed E-state index contributed by atoms with van der Waals surface area (Å²) >= 11 is 0. The van der Waals surface area contributed by atoms with Gasteiger partial charge in [-0.05, 0) is 26.2 Å². The van der Waals surface area contributed by atoms with Crippen molar-refractivity contribution in [2.45, 2.75) is 51.6 Å². The van der Waals surface area contributed by atoms with E-state index in [2.05, 4.69) is 18.8 Å². The van der Waals surface area contributed by atoms with Crippen LogP contribution in [0, 0.1) is 0 Å². The second-order valence-electron chi connectivity index (χ2n) is 4.47. The molecule has 0 rings (SSSR count). The topological polar surface area (TPSA) is 32.3 Å². The normalized spacial score (nSPS) is 14.2. The summed E-state index contributed by atoms with van der Waals surface area (Å²) in [5, 5.41) is 3.39. The standard InChI is InChI=1S/C13H26N2O/c1-6-8-10-12(9-7-2)14-11(3)13(16)15(4)5/h6,11-12,14H,1,7-10H2,2-5H3/t11-,12?/m1/s1. The summed E-state index contributed by atoms with van der Waals surface area (Å²) < 4.78 is 0. The van der Waals surface area contributed by atoms with Gasteiger partial charge < -0.3 is 10.2 Å². The number of carbonyl (C=O) groups is 1. The quantitative estimate of drug-likeness (QED) is 0.643. The van der Waals surface area contributed by atoms with Crippen LogP contribution in [0.25, 0.3) is 0 Å². The van der Waals surface area contributed by atoms with Crippen molar-refractivity contribution >= 4 is 5.91 Å². The van der Waals surface area contributed by atoms with E-state index >= 15 is 0 Å². The number of carbonyl (C=O) groups excluding carboxylic acids is 1. The molecule has 0 radical (unpaired) electrons. The van der Waals surface area contributed by atoms with E-state index in [1.165, 1.54) is 0 Å². The van der Waals surface area contributed by atoms with Gasteiger partial charge in [-0.3, -0.25) is 4.79 Å². The molecule has 0 aromatic heterocycles. The van der Waals surface area contributed by atoms with E-state index in [-0.39, 0.29) is 11.9 Å². The molecule has 16 heavy (non-hydrogen) atoms. The summed E-state index contributed by atoms with van der Waals surface area (Å²) in [6.07, 6.45) is 6.24. The number of rotatable bonds is 8.